The summed E-state index contributed by atoms with van der Waals surface area (Å²) in [6, 6.07) is 13.2. The fourth-order valence-electron chi connectivity index (χ4n) is 1.98. The van der Waals surface area contributed by atoms with Gasteiger partial charge in [-0.25, -0.2) is 4.39 Å². The van der Waals surface area contributed by atoms with Crippen molar-refractivity contribution in [3.63, 3.8) is 0 Å². The zero-order valence-corrected chi connectivity index (χ0v) is 11.1. The summed E-state index contributed by atoms with van der Waals surface area (Å²) in [6.45, 7) is 0.403. The molecule has 0 saturated carbocycles. The van der Waals surface area contributed by atoms with Crippen LogP contribution in [0.4, 0.5) is 10.1 Å². The van der Waals surface area contributed by atoms with Gasteiger partial charge >= 0.3 is 5.97 Å². The molecule has 0 saturated heterocycles. The van der Waals surface area contributed by atoms with Crippen molar-refractivity contribution >= 4 is 11.7 Å². The van der Waals surface area contributed by atoms with Crippen LogP contribution in [0.25, 0.3) is 0 Å². The van der Waals surface area contributed by atoms with Crippen LogP contribution in [0.1, 0.15) is 16.7 Å². The number of nitriles is 1. The molecule has 0 fully saturated rings. The third-order valence-corrected chi connectivity index (χ3v) is 3.03. The van der Waals surface area contributed by atoms with Crippen LogP contribution >= 0.6 is 0 Å². The molecular formula is C16H13FN2O2. The normalized spacial score (nSPS) is 9.90. The van der Waals surface area contributed by atoms with Crippen LogP contribution < -0.4 is 5.32 Å². The van der Waals surface area contributed by atoms with E-state index in [9.17, 15) is 9.18 Å². The van der Waals surface area contributed by atoms with Crippen LogP contribution in [-0.2, 0) is 17.8 Å². The Hall–Kier alpha value is -2.87. The van der Waals surface area contributed by atoms with Gasteiger partial charge in [-0.15, -0.1) is 0 Å². The Kier molecular flexibility index (Phi) is 4.52. The van der Waals surface area contributed by atoms with Gasteiger partial charge in [0.15, 0.2) is 0 Å². The number of hydrogen-bond acceptors (Lipinski definition) is 3. The average Bonchev–Trinajstić information content (AvgIpc) is 2.47. The molecule has 0 aliphatic heterocycles. The summed E-state index contributed by atoms with van der Waals surface area (Å²) in [5.41, 5.74) is 2.15. The molecule has 0 aromatic heterocycles. The maximum Gasteiger partial charge on any atom is 0.307 e. The van der Waals surface area contributed by atoms with Crippen molar-refractivity contribution < 1.29 is 14.3 Å². The van der Waals surface area contributed by atoms with Crippen molar-refractivity contribution in [1.82, 2.24) is 0 Å². The molecule has 2 rings (SSSR count). The van der Waals surface area contributed by atoms with E-state index in [1.807, 2.05) is 12.1 Å². The van der Waals surface area contributed by atoms with Crippen molar-refractivity contribution in [3.05, 3.63) is 65.0 Å². The Labute approximate surface area is 121 Å². The van der Waals surface area contributed by atoms with Gasteiger partial charge in [0.05, 0.1) is 12.0 Å². The largest absolute Gasteiger partial charge is 0.481 e. The monoisotopic (exact) mass is 284 g/mol. The average molecular weight is 284 g/mol. The van der Waals surface area contributed by atoms with Crippen LogP contribution in [0.2, 0.25) is 0 Å². The van der Waals surface area contributed by atoms with Gasteiger partial charge in [0, 0.05) is 12.2 Å². The van der Waals surface area contributed by atoms with Gasteiger partial charge in [0.1, 0.15) is 11.9 Å². The van der Waals surface area contributed by atoms with Crippen molar-refractivity contribution in [2.45, 2.75) is 13.0 Å². The first-order valence-electron chi connectivity index (χ1n) is 6.32. The van der Waals surface area contributed by atoms with Crippen molar-refractivity contribution in [2.75, 3.05) is 5.32 Å². The lowest BCUT2D eigenvalue weighted by Gasteiger charge is -2.10. The fraction of sp³-hybridized carbons (Fsp3) is 0.125. The van der Waals surface area contributed by atoms with E-state index in [0.717, 1.165) is 11.1 Å². The van der Waals surface area contributed by atoms with E-state index in [4.69, 9.17) is 10.4 Å². The summed E-state index contributed by atoms with van der Waals surface area (Å²) in [7, 11) is 0. The standard InChI is InChI=1S/C16H13FN2O2/c17-15-6-5-14(7-13(15)9-18)19-10-12-4-2-1-3-11(12)8-16(20)21/h1-7,19H,8,10H2,(H,20,21). The second kappa shape index (κ2) is 6.53. The van der Waals surface area contributed by atoms with Crippen molar-refractivity contribution in [1.29, 1.82) is 5.26 Å². The predicted octanol–water partition coefficient (Wildman–Crippen LogP) is 2.94. The number of anilines is 1. The Morgan fingerprint density at radius 2 is 1.95 bits per heavy atom. The van der Waals surface area contributed by atoms with E-state index < -0.39 is 11.8 Å². The first-order chi connectivity index (χ1) is 10.1. The molecule has 0 aliphatic rings. The predicted molar refractivity (Wildman–Crippen MR) is 76.2 cm³/mol. The number of nitrogens with zero attached hydrogens (tertiary/aromatic N) is 1. The van der Waals surface area contributed by atoms with E-state index >= 15 is 0 Å². The summed E-state index contributed by atoms with van der Waals surface area (Å²) in [5.74, 6) is -1.45. The second-order valence-corrected chi connectivity index (χ2v) is 4.50. The first kappa shape index (κ1) is 14.5. The first-order valence-corrected chi connectivity index (χ1v) is 6.32. The number of halogens is 1. The minimum absolute atomic E-state index is 0.0289. The molecule has 0 aliphatic carbocycles. The van der Waals surface area contributed by atoms with Crippen LogP contribution in [-0.4, -0.2) is 11.1 Å². The van der Waals surface area contributed by atoms with Crippen molar-refractivity contribution in [2.24, 2.45) is 0 Å². The summed E-state index contributed by atoms with van der Waals surface area (Å²) < 4.78 is 13.2. The lowest BCUT2D eigenvalue weighted by Crippen LogP contribution is -2.07. The number of rotatable bonds is 5. The molecule has 0 spiro atoms. The molecule has 5 heteroatoms. The molecule has 0 amide bonds. The Morgan fingerprint density at radius 1 is 1.24 bits per heavy atom. The van der Waals surface area contributed by atoms with E-state index in [1.165, 1.54) is 18.2 Å². The van der Waals surface area contributed by atoms with Crippen LogP contribution in [0.15, 0.2) is 42.5 Å². The highest BCUT2D eigenvalue weighted by Gasteiger charge is 2.07. The second-order valence-electron chi connectivity index (χ2n) is 4.50. The van der Waals surface area contributed by atoms with Gasteiger partial charge in [-0.3, -0.25) is 4.79 Å². The SMILES string of the molecule is N#Cc1cc(NCc2ccccc2CC(=O)O)ccc1F. The van der Waals surface area contributed by atoms with Crippen LogP contribution in [0.3, 0.4) is 0 Å². The van der Waals surface area contributed by atoms with Gasteiger partial charge in [0.2, 0.25) is 0 Å². The minimum atomic E-state index is -0.893. The highest BCUT2D eigenvalue weighted by Crippen LogP contribution is 2.16. The molecule has 0 unspecified atom stereocenters. The quantitative estimate of drug-likeness (QED) is 0.885. The molecule has 21 heavy (non-hydrogen) atoms. The summed E-state index contributed by atoms with van der Waals surface area (Å²) >= 11 is 0. The Bertz CT molecular complexity index is 708. The molecule has 0 radical (unpaired) electrons. The van der Waals surface area contributed by atoms with Crippen LogP contribution in [0.5, 0.6) is 0 Å². The Balaban J connectivity index is 2.13. The number of carboxylic acid groups (broad SMARTS) is 1. The lowest BCUT2D eigenvalue weighted by atomic mass is 10.0. The molecule has 2 aromatic rings. The molecule has 2 aromatic carbocycles. The molecule has 2 N–H and O–H groups in total. The van der Waals surface area contributed by atoms with Gasteiger partial charge in [-0.2, -0.15) is 5.26 Å². The fourth-order valence-corrected chi connectivity index (χ4v) is 1.98. The molecule has 0 atom stereocenters. The molecule has 4 nitrogen and oxygen atoms in total. The topological polar surface area (TPSA) is 73.1 Å². The molecular weight excluding hydrogens is 271 g/mol. The number of aliphatic carboxylic acids is 1. The highest BCUT2D eigenvalue weighted by atomic mass is 19.1. The molecule has 0 heterocycles. The Morgan fingerprint density at radius 3 is 2.62 bits per heavy atom. The number of benzene rings is 2. The molecule has 0 bridgehead atoms. The summed E-state index contributed by atoms with van der Waals surface area (Å²) in [4.78, 5) is 10.8. The van der Waals surface area contributed by atoms with E-state index in [-0.39, 0.29) is 12.0 Å². The number of nitrogens with one attached hydrogen (secondary N) is 1. The third-order valence-electron chi connectivity index (χ3n) is 3.03. The van der Waals surface area contributed by atoms with E-state index in [1.54, 1.807) is 18.2 Å². The van der Waals surface area contributed by atoms with E-state index in [0.29, 0.717) is 12.2 Å². The number of carbonyl (C=O) groups is 1. The third kappa shape index (κ3) is 3.80. The maximum absolute atomic E-state index is 13.2. The zero-order chi connectivity index (χ0) is 15.2. The minimum Gasteiger partial charge on any atom is -0.481 e. The zero-order valence-electron chi connectivity index (χ0n) is 11.1. The maximum atomic E-state index is 13.2. The van der Waals surface area contributed by atoms with Crippen LogP contribution in [0, 0.1) is 17.1 Å². The van der Waals surface area contributed by atoms with E-state index in [2.05, 4.69) is 5.32 Å². The molecule has 106 valence electrons. The summed E-state index contributed by atoms with van der Waals surface area (Å²) in [6.07, 6.45) is -0.0509. The highest BCUT2D eigenvalue weighted by molar-refractivity contribution is 5.70. The van der Waals surface area contributed by atoms with Gasteiger partial charge in [0.25, 0.3) is 0 Å². The van der Waals surface area contributed by atoms with Gasteiger partial charge < -0.3 is 10.4 Å². The van der Waals surface area contributed by atoms with Gasteiger partial charge in [-0.05, 0) is 29.3 Å². The smallest absolute Gasteiger partial charge is 0.307 e. The van der Waals surface area contributed by atoms with Gasteiger partial charge in [-0.1, -0.05) is 24.3 Å². The summed E-state index contributed by atoms with van der Waals surface area (Å²) in [5, 5.41) is 20.7. The number of carboxylic acids is 1. The van der Waals surface area contributed by atoms with Crippen molar-refractivity contribution in [3.8, 4) is 6.07 Å². The number of hydrogen-bond donors (Lipinski definition) is 2. The lowest BCUT2D eigenvalue weighted by molar-refractivity contribution is -0.136.